The van der Waals surface area contributed by atoms with Crippen molar-refractivity contribution in [2.75, 3.05) is 5.75 Å². The number of nitrogens with zero attached hydrogens (tertiary/aromatic N) is 3. The van der Waals surface area contributed by atoms with Gasteiger partial charge in [0.1, 0.15) is 21.9 Å². The van der Waals surface area contributed by atoms with Gasteiger partial charge in [-0.15, -0.1) is 11.3 Å². The summed E-state index contributed by atoms with van der Waals surface area (Å²) in [4.78, 5) is 27.7. The maximum Gasteiger partial charge on any atom is 0.230 e. The number of carbonyl (C=O) groups excluding carboxylic acids is 1. The number of hydrogen-bond acceptors (Lipinski definition) is 7. The van der Waals surface area contributed by atoms with E-state index in [1.54, 1.807) is 23.9 Å². The van der Waals surface area contributed by atoms with E-state index < -0.39 is 0 Å². The summed E-state index contributed by atoms with van der Waals surface area (Å²) in [5, 5.41) is 4.95. The summed E-state index contributed by atoms with van der Waals surface area (Å²) in [5.74, 6) is 1.57. The highest BCUT2D eigenvalue weighted by Crippen LogP contribution is 2.41. The molecule has 32 heavy (non-hydrogen) atoms. The number of rotatable bonds is 7. The van der Waals surface area contributed by atoms with E-state index in [9.17, 15) is 4.79 Å². The zero-order valence-corrected chi connectivity index (χ0v) is 19.9. The molecule has 0 bridgehead atoms. The Morgan fingerprint density at radius 3 is 2.88 bits per heavy atom. The Morgan fingerprint density at radius 2 is 2.09 bits per heavy atom. The molecule has 0 unspecified atom stereocenters. The zero-order valence-electron chi connectivity index (χ0n) is 18.3. The van der Waals surface area contributed by atoms with Crippen molar-refractivity contribution in [2.24, 2.45) is 5.92 Å². The van der Waals surface area contributed by atoms with Crippen LogP contribution in [0.3, 0.4) is 0 Å². The van der Waals surface area contributed by atoms with Crippen molar-refractivity contribution >= 4 is 49.4 Å². The highest BCUT2D eigenvalue weighted by atomic mass is 32.2. The van der Waals surface area contributed by atoms with Crippen molar-refractivity contribution in [3.8, 4) is 0 Å². The van der Waals surface area contributed by atoms with Crippen molar-refractivity contribution in [3.05, 3.63) is 47.3 Å². The third-order valence-electron chi connectivity index (χ3n) is 5.76. The van der Waals surface area contributed by atoms with E-state index in [1.807, 2.05) is 12.1 Å². The van der Waals surface area contributed by atoms with Crippen LogP contribution in [0.2, 0.25) is 0 Å². The first-order chi connectivity index (χ1) is 15.6. The topological polar surface area (TPSA) is 80.9 Å². The second-order valence-electron chi connectivity index (χ2n) is 8.60. The average molecular weight is 467 g/mol. The predicted octanol–water partition coefficient (Wildman–Crippen LogP) is 5.32. The summed E-state index contributed by atoms with van der Waals surface area (Å²) in [6.07, 6.45) is 8.88. The van der Waals surface area contributed by atoms with Crippen LogP contribution in [0, 0.1) is 5.92 Å². The third kappa shape index (κ3) is 4.26. The molecule has 0 radical (unpaired) electrons. The third-order valence-corrected chi connectivity index (χ3v) is 7.95. The number of pyridine rings is 1. The van der Waals surface area contributed by atoms with E-state index in [2.05, 4.69) is 29.1 Å². The second-order valence-corrected chi connectivity index (χ2v) is 10.6. The lowest BCUT2D eigenvalue weighted by Crippen LogP contribution is -2.24. The van der Waals surface area contributed by atoms with E-state index in [4.69, 9.17) is 9.40 Å². The molecular weight excluding hydrogens is 440 g/mol. The molecule has 4 aromatic rings. The first kappa shape index (κ1) is 21.4. The molecule has 5 rings (SSSR count). The van der Waals surface area contributed by atoms with Gasteiger partial charge in [0.15, 0.2) is 0 Å². The molecule has 0 aliphatic heterocycles. The van der Waals surface area contributed by atoms with Gasteiger partial charge < -0.3 is 9.73 Å². The summed E-state index contributed by atoms with van der Waals surface area (Å²) in [5.41, 5.74) is 5.13. The number of amides is 1. The molecule has 4 heterocycles. The van der Waals surface area contributed by atoms with Crippen molar-refractivity contribution in [1.29, 1.82) is 0 Å². The van der Waals surface area contributed by atoms with Crippen LogP contribution in [-0.4, -0.2) is 26.6 Å². The molecule has 6 nitrogen and oxygen atoms in total. The summed E-state index contributed by atoms with van der Waals surface area (Å²) in [6, 6.07) is 3.66. The van der Waals surface area contributed by atoms with Crippen LogP contribution in [0.15, 0.2) is 34.2 Å². The number of thioether (sulfide) groups is 1. The van der Waals surface area contributed by atoms with Crippen molar-refractivity contribution in [2.45, 2.75) is 57.5 Å². The molecule has 0 atom stereocenters. The summed E-state index contributed by atoms with van der Waals surface area (Å²) in [7, 11) is 0. The molecule has 0 saturated carbocycles. The van der Waals surface area contributed by atoms with Gasteiger partial charge in [-0.25, -0.2) is 15.0 Å². The first-order valence-corrected chi connectivity index (χ1v) is 12.9. The summed E-state index contributed by atoms with van der Waals surface area (Å²) in [6.45, 7) is 4.90. The Labute approximate surface area is 195 Å². The van der Waals surface area contributed by atoms with E-state index in [0.717, 1.165) is 45.1 Å². The molecule has 1 aliphatic rings. The number of thiophene rings is 1. The molecule has 1 N–H and O–H groups in total. The minimum absolute atomic E-state index is 0.0472. The monoisotopic (exact) mass is 466 g/mol. The molecule has 0 aromatic carbocycles. The molecule has 1 aliphatic carbocycles. The number of fused-ring (bicyclic) bond motifs is 5. The van der Waals surface area contributed by atoms with E-state index in [0.29, 0.717) is 18.2 Å². The molecule has 0 fully saturated rings. The molecule has 166 valence electrons. The molecule has 0 saturated heterocycles. The van der Waals surface area contributed by atoms with Crippen molar-refractivity contribution in [1.82, 2.24) is 20.3 Å². The minimum atomic E-state index is -0.0472. The van der Waals surface area contributed by atoms with Crippen LogP contribution in [0.4, 0.5) is 0 Å². The number of aryl methyl sites for hydroxylation is 1. The van der Waals surface area contributed by atoms with Gasteiger partial charge in [0, 0.05) is 11.1 Å². The largest absolute Gasteiger partial charge is 0.467 e. The van der Waals surface area contributed by atoms with Crippen LogP contribution in [0.25, 0.3) is 20.4 Å². The number of furan rings is 1. The van der Waals surface area contributed by atoms with E-state index in [1.165, 1.54) is 46.8 Å². The second kappa shape index (κ2) is 9.19. The van der Waals surface area contributed by atoms with Gasteiger partial charge in [-0.1, -0.05) is 25.6 Å². The molecule has 4 aromatic heterocycles. The number of carbonyl (C=O) groups is 1. The highest BCUT2D eigenvalue weighted by molar-refractivity contribution is 8.00. The maximum absolute atomic E-state index is 12.3. The van der Waals surface area contributed by atoms with Gasteiger partial charge in [0.2, 0.25) is 5.91 Å². The van der Waals surface area contributed by atoms with Gasteiger partial charge >= 0.3 is 0 Å². The fraction of sp³-hybridized carbons (Fsp3) is 0.417. The molecule has 1 amide bonds. The quantitative estimate of drug-likeness (QED) is 0.293. The SMILES string of the molecule is CC(C)Cc1nc2sc3c(SCC(=O)NCc4ccco4)ncnc3c2c2c1CCCC2. The Hall–Kier alpha value is -2.45. The lowest BCUT2D eigenvalue weighted by Gasteiger charge is -2.20. The Morgan fingerprint density at radius 1 is 1.25 bits per heavy atom. The maximum atomic E-state index is 12.3. The number of aromatic nitrogens is 3. The van der Waals surface area contributed by atoms with Crippen LogP contribution in [-0.2, 0) is 30.6 Å². The van der Waals surface area contributed by atoms with Crippen LogP contribution >= 0.6 is 23.1 Å². The Bertz CT molecular complexity index is 1260. The highest BCUT2D eigenvalue weighted by Gasteiger charge is 2.23. The fourth-order valence-electron chi connectivity index (χ4n) is 4.36. The standard InChI is InChI=1S/C24H26N4O2S2/c1-14(2)10-18-16-7-3-4-8-17(16)20-21-22(32-23(20)28-18)24(27-13-26-21)31-12-19(29)25-11-15-6-5-9-30-15/h5-6,9,13-14H,3-4,7-8,10-12H2,1-2H3,(H,25,29). The summed E-state index contributed by atoms with van der Waals surface area (Å²) >= 11 is 3.11. The summed E-state index contributed by atoms with van der Waals surface area (Å²) < 4.78 is 6.31. The van der Waals surface area contributed by atoms with Crippen LogP contribution in [0.1, 0.15) is 49.3 Å². The Balaban J connectivity index is 1.45. The van der Waals surface area contributed by atoms with Gasteiger partial charge in [0.25, 0.3) is 0 Å². The molecular formula is C24H26N4O2S2. The smallest absolute Gasteiger partial charge is 0.230 e. The molecule has 0 spiro atoms. The van der Waals surface area contributed by atoms with Gasteiger partial charge in [-0.2, -0.15) is 0 Å². The number of hydrogen-bond donors (Lipinski definition) is 1. The molecule has 8 heteroatoms. The van der Waals surface area contributed by atoms with Crippen LogP contribution < -0.4 is 5.32 Å². The number of nitrogens with one attached hydrogen (secondary N) is 1. The fourth-order valence-corrected chi connectivity index (χ4v) is 6.44. The van der Waals surface area contributed by atoms with Gasteiger partial charge in [-0.3, -0.25) is 4.79 Å². The van der Waals surface area contributed by atoms with Crippen molar-refractivity contribution in [3.63, 3.8) is 0 Å². The first-order valence-electron chi connectivity index (χ1n) is 11.1. The van der Waals surface area contributed by atoms with E-state index in [-0.39, 0.29) is 5.91 Å². The minimum Gasteiger partial charge on any atom is -0.467 e. The van der Waals surface area contributed by atoms with Crippen LogP contribution in [0.5, 0.6) is 0 Å². The zero-order chi connectivity index (χ0) is 22.1. The van der Waals surface area contributed by atoms with Crippen molar-refractivity contribution < 1.29 is 9.21 Å². The lowest BCUT2D eigenvalue weighted by atomic mass is 9.87. The van der Waals surface area contributed by atoms with E-state index >= 15 is 0 Å². The van der Waals surface area contributed by atoms with Gasteiger partial charge in [-0.05, 0) is 61.3 Å². The predicted molar refractivity (Wildman–Crippen MR) is 129 cm³/mol. The normalized spacial score (nSPS) is 13.7. The average Bonchev–Trinajstić information content (AvgIpc) is 3.44. The Kier molecular flexibility index (Phi) is 6.15. The lowest BCUT2D eigenvalue weighted by molar-refractivity contribution is -0.118. The van der Waals surface area contributed by atoms with Gasteiger partial charge in [0.05, 0.1) is 28.8 Å².